The van der Waals surface area contributed by atoms with Crippen LogP contribution in [-0.4, -0.2) is 30.6 Å². The van der Waals surface area contributed by atoms with E-state index in [0.29, 0.717) is 5.56 Å². The number of nitrogens with two attached hydrogens (primary N) is 1. The topological polar surface area (TPSA) is 95.5 Å². The molecular weight excluding hydrogens is 236 g/mol. The molecule has 1 aromatic carbocycles. The Kier molecular flexibility index (Phi) is 4.79. The minimum Gasteiger partial charge on any atom is -0.468 e. The number of benzene rings is 1. The van der Waals surface area contributed by atoms with E-state index >= 15 is 0 Å². The van der Waals surface area contributed by atoms with Crippen LogP contribution in [0.3, 0.4) is 0 Å². The number of nitrogens with zero attached hydrogens (tertiary/aromatic N) is 1. The van der Waals surface area contributed by atoms with Crippen molar-refractivity contribution >= 4 is 5.97 Å². The summed E-state index contributed by atoms with van der Waals surface area (Å²) in [6.07, 6.45) is 0. The molecule has 0 aliphatic rings. The molecule has 1 rings (SSSR count). The van der Waals surface area contributed by atoms with Crippen molar-refractivity contribution < 1.29 is 14.5 Å². The monoisotopic (exact) mass is 252 g/mol. The van der Waals surface area contributed by atoms with Gasteiger partial charge in [-0.3, -0.25) is 14.9 Å². The summed E-state index contributed by atoms with van der Waals surface area (Å²) in [7, 11) is 1.21. The second-order valence-corrected chi connectivity index (χ2v) is 4.08. The summed E-state index contributed by atoms with van der Waals surface area (Å²) in [4.78, 5) is 21.6. The van der Waals surface area contributed by atoms with E-state index in [1.165, 1.54) is 7.11 Å². The predicted molar refractivity (Wildman–Crippen MR) is 65.8 cm³/mol. The van der Waals surface area contributed by atoms with Gasteiger partial charge in [0, 0.05) is 4.92 Å². The number of carbonyl (C=O) groups is 1. The summed E-state index contributed by atoms with van der Waals surface area (Å²) in [5, 5.41) is 10.7. The average Bonchev–Trinajstić information content (AvgIpc) is 2.35. The van der Waals surface area contributed by atoms with Gasteiger partial charge in [0.1, 0.15) is 6.04 Å². The fraction of sp³-hybridized carbons (Fsp3) is 0.417. The molecule has 98 valence electrons. The van der Waals surface area contributed by atoms with Crippen LogP contribution >= 0.6 is 0 Å². The van der Waals surface area contributed by atoms with Crippen LogP contribution in [0.2, 0.25) is 0 Å². The Morgan fingerprint density at radius 2 is 2.00 bits per heavy atom. The van der Waals surface area contributed by atoms with Crippen LogP contribution in [0.1, 0.15) is 17.0 Å². The summed E-state index contributed by atoms with van der Waals surface area (Å²) >= 11 is 0. The smallest absolute Gasteiger partial charge is 0.323 e. The van der Waals surface area contributed by atoms with E-state index in [4.69, 9.17) is 5.73 Å². The quantitative estimate of drug-likeness (QED) is 0.476. The number of methoxy groups -OCH3 is 1. The highest BCUT2D eigenvalue weighted by molar-refractivity contribution is 5.76. The molecule has 0 unspecified atom stereocenters. The van der Waals surface area contributed by atoms with Gasteiger partial charge < -0.3 is 10.5 Å². The molecule has 0 spiro atoms. The van der Waals surface area contributed by atoms with Crippen molar-refractivity contribution in [2.24, 2.45) is 5.73 Å². The molecule has 1 aromatic rings. The fourth-order valence-corrected chi connectivity index (χ4v) is 1.70. The third kappa shape index (κ3) is 3.53. The number of aryl methyl sites for hydroxylation is 1. The van der Waals surface area contributed by atoms with E-state index in [1.54, 1.807) is 12.1 Å². The van der Waals surface area contributed by atoms with Crippen LogP contribution in [0.5, 0.6) is 0 Å². The minimum absolute atomic E-state index is 0.403. The van der Waals surface area contributed by atoms with Crippen molar-refractivity contribution in [1.82, 2.24) is 0 Å². The standard InChI is InChI=1S/C12H16N2O4/c1-8-3-5-9(6-4-8)10(7-14(16)17)11(13)12(15)18-2/h3-6,10-11H,7,13H2,1-2H3/t10-,11+/m0/s1. The molecule has 0 bridgehead atoms. The molecule has 0 saturated carbocycles. The number of hydrogen-bond acceptors (Lipinski definition) is 5. The van der Waals surface area contributed by atoms with Gasteiger partial charge in [-0.05, 0) is 12.5 Å². The van der Waals surface area contributed by atoms with Crippen LogP contribution in [0.4, 0.5) is 0 Å². The van der Waals surface area contributed by atoms with Gasteiger partial charge in [0.05, 0.1) is 13.0 Å². The molecule has 0 heterocycles. The molecule has 18 heavy (non-hydrogen) atoms. The minimum atomic E-state index is -1.04. The Morgan fingerprint density at radius 1 is 1.44 bits per heavy atom. The molecule has 0 amide bonds. The molecule has 2 N–H and O–H groups in total. The van der Waals surface area contributed by atoms with Crippen LogP contribution < -0.4 is 5.73 Å². The number of ether oxygens (including phenoxy) is 1. The SMILES string of the molecule is COC(=O)[C@H](N)[C@@H](C[N+](=O)[O-])c1ccc(C)cc1. The molecule has 0 aliphatic carbocycles. The first kappa shape index (κ1) is 14.1. The van der Waals surface area contributed by atoms with Gasteiger partial charge in [-0.1, -0.05) is 29.8 Å². The number of esters is 1. The Labute approximate surface area is 105 Å². The molecule has 0 radical (unpaired) electrons. The number of carbonyl (C=O) groups excluding carboxylic acids is 1. The summed E-state index contributed by atoms with van der Waals surface area (Å²) in [5.74, 6) is -1.34. The third-order valence-electron chi connectivity index (χ3n) is 2.76. The van der Waals surface area contributed by atoms with E-state index < -0.39 is 29.4 Å². The molecular formula is C12H16N2O4. The highest BCUT2D eigenvalue weighted by atomic mass is 16.6. The van der Waals surface area contributed by atoms with Crippen LogP contribution in [-0.2, 0) is 9.53 Å². The molecule has 0 aliphatic heterocycles. The first-order valence-electron chi connectivity index (χ1n) is 5.47. The van der Waals surface area contributed by atoms with Gasteiger partial charge in [0.15, 0.2) is 0 Å². The number of nitro groups is 1. The van der Waals surface area contributed by atoms with Gasteiger partial charge >= 0.3 is 5.97 Å². The van der Waals surface area contributed by atoms with Crippen LogP contribution in [0, 0.1) is 17.0 Å². The van der Waals surface area contributed by atoms with Crippen LogP contribution in [0.15, 0.2) is 24.3 Å². The second kappa shape index (κ2) is 6.11. The second-order valence-electron chi connectivity index (χ2n) is 4.08. The summed E-state index contributed by atoms with van der Waals surface area (Å²) in [6.45, 7) is 1.51. The Hall–Kier alpha value is -1.95. The molecule has 0 fully saturated rings. The highest BCUT2D eigenvalue weighted by Crippen LogP contribution is 2.20. The van der Waals surface area contributed by atoms with E-state index in [9.17, 15) is 14.9 Å². The van der Waals surface area contributed by atoms with Crippen LogP contribution in [0.25, 0.3) is 0 Å². The number of hydrogen-bond donors (Lipinski definition) is 1. The van der Waals surface area contributed by atoms with E-state index in [-0.39, 0.29) is 0 Å². The maximum absolute atomic E-state index is 11.4. The highest BCUT2D eigenvalue weighted by Gasteiger charge is 2.30. The first-order valence-corrected chi connectivity index (χ1v) is 5.47. The van der Waals surface area contributed by atoms with Crippen molar-refractivity contribution in [2.45, 2.75) is 18.9 Å². The van der Waals surface area contributed by atoms with E-state index in [2.05, 4.69) is 4.74 Å². The lowest BCUT2D eigenvalue weighted by Gasteiger charge is -2.19. The zero-order valence-electron chi connectivity index (χ0n) is 10.3. The van der Waals surface area contributed by atoms with Gasteiger partial charge in [-0.15, -0.1) is 0 Å². The van der Waals surface area contributed by atoms with Gasteiger partial charge in [-0.2, -0.15) is 0 Å². The fourth-order valence-electron chi connectivity index (χ4n) is 1.70. The predicted octanol–water partition coefficient (Wildman–Crippen LogP) is 0.856. The third-order valence-corrected chi connectivity index (χ3v) is 2.76. The maximum Gasteiger partial charge on any atom is 0.323 e. The zero-order valence-corrected chi connectivity index (χ0v) is 10.3. The molecule has 0 aromatic heterocycles. The van der Waals surface area contributed by atoms with Crippen molar-refractivity contribution in [3.05, 3.63) is 45.5 Å². The molecule has 0 saturated heterocycles. The van der Waals surface area contributed by atoms with E-state index in [1.807, 2.05) is 19.1 Å². The average molecular weight is 252 g/mol. The lowest BCUT2D eigenvalue weighted by Crippen LogP contribution is -2.40. The summed E-state index contributed by atoms with van der Waals surface area (Å²) < 4.78 is 4.53. The normalized spacial score (nSPS) is 13.7. The maximum atomic E-state index is 11.4. The van der Waals surface area contributed by atoms with Crippen molar-refractivity contribution in [3.63, 3.8) is 0 Å². The van der Waals surface area contributed by atoms with E-state index in [0.717, 1.165) is 5.56 Å². The molecule has 2 atom stereocenters. The Morgan fingerprint density at radius 3 is 2.44 bits per heavy atom. The lowest BCUT2D eigenvalue weighted by molar-refractivity contribution is -0.483. The Balaban J connectivity index is 3.00. The summed E-state index contributed by atoms with van der Waals surface area (Å²) in [6, 6.07) is 6.10. The van der Waals surface area contributed by atoms with Gasteiger partial charge in [0.25, 0.3) is 0 Å². The van der Waals surface area contributed by atoms with Gasteiger partial charge in [0.2, 0.25) is 6.54 Å². The zero-order chi connectivity index (χ0) is 13.7. The lowest BCUT2D eigenvalue weighted by atomic mass is 9.91. The van der Waals surface area contributed by atoms with Crippen molar-refractivity contribution in [2.75, 3.05) is 13.7 Å². The number of rotatable bonds is 5. The largest absolute Gasteiger partial charge is 0.468 e. The van der Waals surface area contributed by atoms with Crippen molar-refractivity contribution in [3.8, 4) is 0 Å². The van der Waals surface area contributed by atoms with Crippen molar-refractivity contribution in [1.29, 1.82) is 0 Å². The molecule has 6 heteroatoms. The van der Waals surface area contributed by atoms with Gasteiger partial charge in [-0.25, -0.2) is 0 Å². The molecule has 6 nitrogen and oxygen atoms in total. The first-order chi connectivity index (χ1) is 8.45. The Bertz CT molecular complexity index is 430. The summed E-state index contributed by atoms with van der Waals surface area (Å²) in [5.41, 5.74) is 7.41.